The van der Waals surface area contributed by atoms with E-state index in [-0.39, 0.29) is 11.8 Å². The summed E-state index contributed by atoms with van der Waals surface area (Å²) < 4.78 is 2.03. The molecule has 1 saturated carbocycles. The van der Waals surface area contributed by atoms with Gasteiger partial charge in [-0.1, -0.05) is 37.8 Å². The maximum absolute atomic E-state index is 12.6. The smallest absolute Gasteiger partial charge is 0.261 e. The number of benzene rings is 1. The Balaban J connectivity index is 1.56. The molecule has 0 spiro atoms. The molecule has 0 bridgehead atoms. The zero-order valence-corrected chi connectivity index (χ0v) is 15.8. The largest absolute Gasteiger partial charge is 0.322 e. The van der Waals surface area contributed by atoms with Gasteiger partial charge in [-0.3, -0.25) is 19.5 Å². The summed E-state index contributed by atoms with van der Waals surface area (Å²) in [7, 11) is 1.97. The number of rotatable bonds is 3. The van der Waals surface area contributed by atoms with Gasteiger partial charge in [-0.15, -0.1) is 11.3 Å². The van der Waals surface area contributed by atoms with Crippen LogP contribution in [0.1, 0.15) is 64.9 Å². The fraction of sp³-hybridized carbons (Fsp3) is 0.450. The highest BCUT2D eigenvalue weighted by Gasteiger charge is 2.35. The lowest BCUT2D eigenvalue weighted by molar-refractivity contribution is 0.0639. The third kappa shape index (κ3) is 3.14. The molecule has 1 aliphatic carbocycles. The van der Waals surface area contributed by atoms with Crippen molar-refractivity contribution in [3.63, 3.8) is 0 Å². The standard InChI is InChI=1S/C20H23N3O2S/c1-22-15(13-26-20(22)21-14-8-4-2-3-5-9-14)12-23-18(24)16-10-6-7-11-17(16)19(23)25/h6-7,10-11,13-14H,2-5,8-9,12H2,1H3. The number of imide groups is 1. The maximum Gasteiger partial charge on any atom is 0.261 e. The van der Waals surface area contributed by atoms with E-state index in [1.165, 1.54) is 30.6 Å². The van der Waals surface area contributed by atoms with Gasteiger partial charge in [-0.2, -0.15) is 0 Å². The average Bonchev–Trinajstić information content (AvgIpc) is 2.97. The molecule has 26 heavy (non-hydrogen) atoms. The minimum absolute atomic E-state index is 0.209. The quantitative estimate of drug-likeness (QED) is 0.614. The number of thiazole rings is 1. The van der Waals surface area contributed by atoms with E-state index in [1.54, 1.807) is 35.6 Å². The SMILES string of the molecule is Cn1c(CN2C(=O)c3ccccc3C2=O)csc1=NC1CCCCCC1. The lowest BCUT2D eigenvalue weighted by Crippen LogP contribution is -2.31. The number of hydrogen-bond acceptors (Lipinski definition) is 4. The number of fused-ring (bicyclic) bond motifs is 1. The monoisotopic (exact) mass is 369 g/mol. The maximum atomic E-state index is 12.6. The number of carbonyl (C=O) groups excluding carboxylic acids is 2. The van der Waals surface area contributed by atoms with Crippen LogP contribution in [0.4, 0.5) is 0 Å². The number of aromatic nitrogens is 1. The molecular formula is C20H23N3O2S. The lowest BCUT2D eigenvalue weighted by Gasteiger charge is -2.14. The van der Waals surface area contributed by atoms with Crippen molar-refractivity contribution in [2.45, 2.75) is 51.1 Å². The zero-order valence-electron chi connectivity index (χ0n) is 15.0. The Morgan fingerprint density at radius 3 is 2.27 bits per heavy atom. The minimum atomic E-state index is -0.209. The predicted octanol–water partition coefficient (Wildman–Crippen LogP) is 3.51. The molecule has 2 amide bonds. The Hall–Kier alpha value is -2.21. The Morgan fingerprint density at radius 2 is 1.65 bits per heavy atom. The van der Waals surface area contributed by atoms with Crippen LogP contribution in [0.2, 0.25) is 0 Å². The molecule has 0 saturated heterocycles. The van der Waals surface area contributed by atoms with E-state index in [4.69, 9.17) is 4.99 Å². The zero-order chi connectivity index (χ0) is 18.1. The number of carbonyl (C=O) groups is 2. The van der Waals surface area contributed by atoms with E-state index < -0.39 is 0 Å². The van der Waals surface area contributed by atoms with Crippen molar-refractivity contribution in [1.82, 2.24) is 9.47 Å². The topological polar surface area (TPSA) is 54.7 Å². The van der Waals surface area contributed by atoms with E-state index in [0.717, 1.165) is 23.3 Å². The number of nitrogens with zero attached hydrogens (tertiary/aromatic N) is 3. The van der Waals surface area contributed by atoms with Gasteiger partial charge in [-0.25, -0.2) is 0 Å². The molecule has 0 unspecified atom stereocenters. The molecule has 0 atom stereocenters. The van der Waals surface area contributed by atoms with Crippen LogP contribution in [0.5, 0.6) is 0 Å². The van der Waals surface area contributed by atoms with Crippen molar-refractivity contribution in [3.05, 3.63) is 51.3 Å². The van der Waals surface area contributed by atoms with Gasteiger partial charge in [0, 0.05) is 18.1 Å². The molecule has 1 fully saturated rings. The Morgan fingerprint density at radius 1 is 1.04 bits per heavy atom. The summed E-state index contributed by atoms with van der Waals surface area (Å²) in [4.78, 5) is 32.4. The van der Waals surface area contributed by atoms with E-state index in [0.29, 0.717) is 23.7 Å². The average molecular weight is 369 g/mol. The van der Waals surface area contributed by atoms with Crippen LogP contribution in [0.25, 0.3) is 0 Å². The summed E-state index contributed by atoms with van der Waals surface area (Å²) in [5.74, 6) is -0.418. The van der Waals surface area contributed by atoms with Gasteiger partial charge < -0.3 is 4.57 Å². The molecule has 136 valence electrons. The van der Waals surface area contributed by atoms with E-state index >= 15 is 0 Å². The predicted molar refractivity (Wildman–Crippen MR) is 101 cm³/mol. The van der Waals surface area contributed by atoms with E-state index in [1.807, 2.05) is 17.0 Å². The highest BCUT2D eigenvalue weighted by atomic mass is 32.1. The normalized spacial score (nSPS) is 19.1. The third-order valence-electron chi connectivity index (χ3n) is 5.33. The first-order valence-corrected chi connectivity index (χ1v) is 10.2. The van der Waals surface area contributed by atoms with Crippen molar-refractivity contribution in [1.29, 1.82) is 0 Å². The summed E-state index contributed by atoms with van der Waals surface area (Å²) in [6.07, 6.45) is 7.45. The lowest BCUT2D eigenvalue weighted by atomic mass is 10.1. The number of hydrogen-bond donors (Lipinski definition) is 0. The fourth-order valence-corrected chi connectivity index (χ4v) is 4.71. The molecular weight excluding hydrogens is 346 g/mol. The highest BCUT2D eigenvalue weighted by Crippen LogP contribution is 2.24. The van der Waals surface area contributed by atoms with Gasteiger partial charge in [0.15, 0.2) is 4.80 Å². The second kappa shape index (κ2) is 7.19. The van der Waals surface area contributed by atoms with Crippen LogP contribution in [0, 0.1) is 0 Å². The van der Waals surface area contributed by atoms with E-state index in [2.05, 4.69) is 0 Å². The van der Waals surface area contributed by atoms with Crippen molar-refractivity contribution in [3.8, 4) is 0 Å². The molecule has 1 aromatic carbocycles. The van der Waals surface area contributed by atoms with Crippen LogP contribution in [-0.4, -0.2) is 27.3 Å². The molecule has 6 heteroatoms. The highest BCUT2D eigenvalue weighted by molar-refractivity contribution is 7.07. The van der Waals surface area contributed by atoms with Gasteiger partial charge in [0.1, 0.15) is 0 Å². The molecule has 5 nitrogen and oxygen atoms in total. The van der Waals surface area contributed by atoms with Crippen LogP contribution in [0.3, 0.4) is 0 Å². The van der Waals surface area contributed by atoms with Crippen molar-refractivity contribution in [2.24, 2.45) is 12.0 Å². The fourth-order valence-electron chi connectivity index (χ4n) is 3.75. The first kappa shape index (κ1) is 17.2. The van der Waals surface area contributed by atoms with Crippen LogP contribution in [-0.2, 0) is 13.6 Å². The van der Waals surface area contributed by atoms with Crippen LogP contribution < -0.4 is 4.80 Å². The van der Waals surface area contributed by atoms with Gasteiger partial charge in [0.25, 0.3) is 11.8 Å². The first-order chi connectivity index (χ1) is 12.6. The summed E-state index contributed by atoms with van der Waals surface area (Å²) in [5, 5.41) is 2.01. The van der Waals surface area contributed by atoms with Crippen LogP contribution in [0.15, 0.2) is 34.6 Å². The molecule has 2 heterocycles. The van der Waals surface area contributed by atoms with Gasteiger partial charge in [-0.05, 0) is 25.0 Å². The summed E-state index contributed by atoms with van der Waals surface area (Å²) in [5.41, 5.74) is 1.94. The molecule has 4 rings (SSSR count). The Bertz CT molecular complexity index is 869. The summed E-state index contributed by atoms with van der Waals surface area (Å²) in [6, 6.07) is 7.42. The second-order valence-corrected chi connectivity index (χ2v) is 7.92. The molecule has 0 N–H and O–H groups in total. The van der Waals surface area contributed by atoms with Gasteiger partial charge in [0.2, 0.25) is 0 Å². The summed E-state index contributed by atoms with van der Waals surface area (Å²) in [6.45, 7) is 0.291. The molecule has 1 aromatic heterocycles. The van der Waals surface area contributed by atoms with E-state index in [9.17, 15) is 9.59 Å². The number of amides is 2. The molecule has 2 aliphatic rings. The molecule has 1 aliphatic heterocycles. The minimum Gasteiger partial charge on any atom is -0.322 e. The van der Waals surface area contributed by atoms with Crippen molar-refractivity contribution >= 4 is 23.2 Å². The van der Waals surface area contributed by atoms with Gasteiger partial charge >= 0.3 is 0 Å². The first-order valence-electron chi connectivity index (χ1n) is 9.27. The van der Waals surface area contributed by atoms with Gasteiger partial charge in [0.05, 0.1) is 23.7 Å². The van der Waals surface area contributed by atoms with Crippen molar-refractivity contribution in [2.75, 3.05) is 0 Å². The van der Waals surface area contributed by atoms with Crippen LogP contribution >= 0.6 is 11.3 Å². The Labute approximate surface area is 157 Å². The Kier molecular flexibility index (Phi) is 4.76. The third-order valence-corrected chi connectivity index (χ3v) is 6.31. The summed E-state index contributed by atoms with van der Waals surface area (Å²) >= 11 is 1.59. The second-order valence-electron chi connectivity index (χ2n) is 7.09. The van der Waals surface area contributed by atoms with Crippen molar-refractivity contribution < 1.29 is 9.59 Å². The molecule has 2 aromatic rings. The molecule has 0 radical (unpaired) electrons.